The third-order valence-corrected chi connectivity index (χ3v) is 3.97. The first kappa shape index (κ1) is 13.7. The summed E-state index contributed by atoms with van der Waals surface area (Å²) in [6.45, 7) is 2.73. The lowest BCUT2D eigenvalue weighted by molar-refractivity contribution is 0.711. The van der Waals surface area contributed by atoms with Gasteiger partial charge < -0.3 is 10.6 Å². The number of nitrogens with zero attached hydrogens (tertiary/aromatic N) is 1. The van der Waals surface area contributed by atoms with E-state index in [0.717, 1.165) is 43.7 Å². The van der Waals surface area contributed by atoms with E-state index in [0.29, 0.717) is 0 Å². The number of nitrogens with one attached hydrogen (secondary N) is 2. The molecule has 0 unspecified atom stereocenters. The lowest BCUT2D eigenvalue weighted by atomic mass is 9.97. The number of rotatable bonds is 3. The predicted molar refractivity (Wildman–Crippen MR) is 85.2 cm³/mol. The minimum Gasteiger partial charge on any atom is -0.380 e. The van der Waals surface area contributed by atoms with Gasteiger partial charge in [-0.15, -0.1) is 0 Å². The van der Waals surface area contributed by atoms with Gasteiger partial charge in [-0.1, -0.05) is 36.4 Å². The van der Waals surface area contributed by atoms with Gasteiger partial charge in [-0.05, 0) is 48.7 Å². The first-order chi connectivity index (χ1) is 10.4. The molecule has 106 valence electrons. The number of nitriles is 1. The van der Waals surface area contributed by atoms with Crippen LogP contribution in [0.3, 0.4) is 0 Å². The van der Waals surface area contributed by atoms with E-state index in [2.05, 4.69) is 34.9 Å². The van der Waals surface area contributed by atoms with E-state index < -0.39 is 0 Å². The Morgan fingerprint density at radius 1 is 1.05 bits per heavy atom. The van der Waals surface area contributed by atoms with Crippen LogP contribution >= 0.6 is 0 Å². The minimum absolute atomic E-state index is 0.742. The van der Waals surface area contributed by atoms with Crippen molar-refractivity contribution >= 4 is 5.69 Å². The fourth-order valence-electron chi connectivity index (χ4n) is 2.85. The van der Waals surface area contributed by atoms with Crippen LogP contribution in [0.25, 0.3) is 0 Å². The maximum Gasteiger partial charge on any atom is 0.101 e. The Labute approximate surface area is 125 Å². The summed E-state index contributed by atoms with van der Waals surface area (Å²) in [6.07, 6.45) is 2.00. The monoisotopic (exact) mass is 277 g/mol. The number of fused-ring (bicyclic) bond motifs is 1. The smallest absolute Gasteiger partial charge is 0.101 e. The van der Waals surface area contributed by atoms with Gasteiger partial charge in [-0.2, -0.15) is 5.26 Å². The molecule has 3 heteroatoms. The van der Waals surface area contributed by atoms with Crippen LogP contribution in [0.2, 0.25) is 0 Å². The zero-order valence-electron chi connectivity index (χ0n) is 12.0. The highest BCUT2D eigenvalue weighted by Crippen LogP contribution is 2.27. The van der Waals surface area contributed by atoms with Crippen molar-refractivity contribution in [3.8, 4) is 6.07 Å². The van der Waals surface area contributed by atoms with Crippen LogP contribution in [-0.2, 0) is 19.4 Å². The van der Waals surface area contributed by atoms with Crippen molar-refractivity contribution in [1.29, 1.82) is 5.26 Å². The topological polar surface area (TPSA) is 47.9 Å². The summed E-state index contributed by atoms with van der Waals surface area (Å²) in [4.78, 5) is 0. The molecule has 0 spiro atoms. The molecule has 2 aromatic carbocycles. The van der Waals surface area contributed by atoms with Crippen molar-refractivity contribution in [2.75, 3.05) is 18.4 Å². The van der Waals surface area contributed by atoms with Gasteiger partial charge in [0.25, 0.3) is 0 Å². The summed E-state index contributed by atoms with van der Waals surface area (Å²) in [5.74, 6) is 0. The number of benzene rings is 2. The minimum atomic E-state index is 0.742. The number of hydrogen-bond donors (Lipinski definition) is 2. The van der Waals surface area contributed by atoms with E-state index in [1.54, 1.807) is 0 Å². The maximum absolute atomic E-state index is 9.38. The summed E-state index contributed by atoms with van der Waals surface area (Å²) in [5, 5.41) is 16.3. The largest absolute Gasteiger partial charge is 0.380 e. The number of anilines is 1. The molecule has 2 N–H and O–H groups in total. The maximum atomic E-state index is 9.38. The normalized spacial score (nSPS) is 13.9. The molecule has 3 nitrogen and oxygen atoms in total. The Morgan fingerprint density at radius 3 is 2.67 bits per heavy atom. The molecule has 21 heavy (non-hydrogen) atoms. The molecule has 0 fully saturated rings. The van der Waals surface area contributed by atoms with Gasteiger partial charge in [0.2, 0.25) is 0 Å². The molecule has 1 heterocycles. The van der Waals surface area contributed by atoms with E-state index in [1.807, 2.05) is 24.3 Å². The molecule has 0 amide bonds. The highest BCUT2D eigenvalue weighted by atomic mass is 14.9. The van der Waals surface area contributed by atoms with Crippen LogP contribution in [0.1, 0.15) is 22.3 Å². The Morgan fingerprint density at radius 2 is 1.86 bits per heavy atom. The molecule has 0 aromatic heterocycles. The third kappa shape index (κ3) is 3.07. The molecule has 1 aliphatic heterocycles. The zero-order valence-corrected chi connectivity index (χ0v) is 12.0. The van der Waals surface area contributed by atoms with Crippen molar-refractivity contribution < 1.29 is 0 Å². The second kappa shape index (κ2) is 6.43. The van der Waals surface area contributed by atoms with Gasteiger partial charge in [-0.25, -0.2) is 0 Å². The van der Waals surface area contributed by atoms with Crippen LogP contribution in [0.5, 0.6) is 0 Å². The SMILES string of the molecule is N#Cc1ccc2c(c1NCc1ccccc1)CCNCC2. The van der Waals surface area contributed by atoms with Crippen LogP contribution in [0.15, 0.2) is 42.5 Å². The molecule has 0 bridgehead atoms. The molecular weight excluding hydrogens is 258 g/mol. The lowest BCUT2D eigenvalue weighted by Crippen LogP contribution is -2.16. The van der Waals surface area contributed by atoms with Crippen molar-refractivity contribution in [1.82, 2.24) is 5.32 Å². The standard InChI is InChI=1S/C18H19N3/c19-12-16-7-6-15-8-10-20-11-9-17(15)18(16)21-13-14-4-2-1-3-5-14/h1-7,20-21H,8-11,13H2. The van der Waals surface area contributed by atoms with Crippen LogP contribution in [0.4, 0.5) is 5.69 Å². The van der Waals surface area contributed by atoms with E-state index in [4.69, 9.17) is 0 Å². The molecule has 2 aromatic rings. The fraction of sp³-hybridized carbons (Fsp3) is 0.278. The molecular formula is C18H19N3. The molecule has 0 saturated heterocycles. The average Bonchev–Trinajstić information content (AvgIpc) is 2.79. The Hall–Kier alpha value is -2.31. The van der Waals surface area contributed by atoms with Gasteiger partial charge >= 0.3 is 0 Å². The van der Waals surface area contributed by atoms with E-state index in [1.165, 1.54) is 16.7 Å². The molecule has 0 radical (unpaired) electrons. The molecule has 0 saturated carbocycles. The summed E-state index contributed by atoms with van der Waals surface area (Å²) >= 11 is 0. The second-order valence-corrected chi connectivity index (χ2v) is 5.33. The lowest BCUT2D eigenvalue weighted by Gasteiger charge is -2.16. The Kier molecular flexibility index (Phi) is 4.18. The van der Waals surface area contributed by atoms with Gasteiger partial charge in [-0.3, -0.25) is 0 Å². The van der Waals surface area contributed by atoms with E-state index >= 15 is 0 Å². The molecule has 1 aliphatic rings. The quantitative estimate of drug-likeness (QED) is 0.907. The first-order valence-electron chi connectivity index (χ1n) is 7.42. The average molecular weight is 277 g/mol. The Bertz CT molecular complexity index is 656. The van der Waals surface area contributed by atoms with Crippen LogP contribution < -0.4 is 10.6 Å². The van der Waals surface area contributed by atoms with Crippen molar-refractivity contribution in [2.45, 2.75) is 19.4 Å². The van der Waals surface area contributed by atoms with E-state index in [-0.39, 0.29) is 0 Å². The zero-order chi connectivity index (χ0) is 14.5. The summed E-state index contributed by atoms with van der Waals surface area (Å²) in [5.41, 5.74) is 5.64. The van der Waals surface area contributed by atoms with Crippen molar-refractivity contribution in [2.24, 2.45) is 0 Å². The molecule has 0 aliphatic carbocycles. The van der Waals surface area contributed by atoms with Gasteiger partial charge in [0.1, 0.15) is 6.07 Å². The van der Waals surface area contributed by atoms with Gasteiger partial charge in [0.05, 0.1) is 11.3 Å². The first-order valence-corrected chi connectivity index (χ1v) is 7.42. The van der Waals surface area contributed by atoms with Crippen LogP contribution in [-0.4, -0.2) is 13.1 Å². The highest BCUT2D eigenvalue weighted by molar-refractivity contribution is 5.65. The van der Waals surface area contributed by atoms with Gasteiger partial charge in [0, 0.05) is 6.54 Å². The summed E-state index contributed by atoms with van der Waals surface area (Å²) in [6, 6.07) is 16.7. The summed E-state index contributed by atoms with van der Waals surface area (Å²) < 4.78 is 0. The Balaban J connectivity index is 1.90. The second-order valence-electron chi connectivity index (χ2n) is 5.33. The van der Waals surface area contributed by atoms with Gasteiger partial charge in [0.15, 0.2) is 0 Å². The van der Waals surface area contributed by atoms with Crippen LogP contribution in [0, 0.1) is 11.3 Å². The summed E-state index contributed by atoms with van der Waals surface area (Å²) in [7, 11) is 0. The fourth-order valence-corrected chi connectivity index (χ4v) is 2.85. The molecule has 3 rings (SSSR count). The van der Waals surface area contributed by atoms with E-state index in [9.17, 15) is 5.26 Å². The third-order valence-electron chi connectivity index (χ3n) is 3.97. The number of hydrogen-bond acceptors (Lipinski definition) is 3. The molecule has 0 atom stereocenters. The predicted octanol–water partition coefficient (Wildman–Crippen LogP) is 2.86. The van der Waals surface area contributed by atoms with Crippen molar-refractivity contribution in [3.63, 3.8) is 0 Å². The highest BCUT2D eigenvalue weighted by Gasteiger charge is 2.15. The van der Waals surface area contributed by atoms with Crippen molar-refractivity contribution in [3.05, 3.63) is 64.7 Å².